The third-order valence-corrected chi connectivity index (χ3v) is 9.49. The molecule has 0 spiro atoms. The summed E-state index contributed by atoms with van der Waals surface area (Å²) in [6, 6.07) is 32.9. The smallest absolute Gasteiger partial charge is 0.0737 e. The van der Waals surface area contributed by atoms with E-state index in [9.17, 15) is 0 Å². The molecule has 230 valence electrons. The van der Waals surface area contributed by atoms with Crippen LogP contribution in [0.3, 0.4) is 0 Å². The van der Waals surface area contributed by atoms with Crippen molar-refractivity contribution >= 4 is 45.3 Å². The number of nitrogens with one attached hydrogen (secondary N) is 3. The first kappa shape index (κ1) is 28.8. The number of aromatic nitrogens is 4. The first-order chi connectivity index (χ1) is 22.7. The van der Waals surface area contributed by atoms with Gasteiger partial charge >= 0.3 is 0 Å². The van der Waals surface area contributed by atoms with Gasteiger partial charge in [-0.1, -0.05) is 65.7 Å². The molecule has 0 radical (unpaired) electrons. The van der Waals surface area contributed by atoms with Gasteiger partial charge in [0.1, 0.15) is 0 Å². The predicted octanol–water partition coefficient (Wildman–Crippen LogP) is 11.5. The second kappa shape index (κ2) is 11.0. The van der Waals surface area contributed by atoms with E-state index in [0.717, 1.165) is 66.7 Å². The molecule has 0 amide bonds. The number of fused-ring (bicyclic) bond motifs is 9. The highest BCUT2D eigenvalue weighted by molar-refractivity contribution is 6.01. The zero-order valence-electron chi connectivity index (χ0n) is 27.8. The van der Waals surface area contributed by atoms with Crippen LogP contribution < -0.4 is 0 Å². The summed E-state index contributed by atoms with van der Waals surface area (Å²) >= 11 is 0. The summed E-state index contributed by atoms with van der Waals surface area (Å²) in [5.41, 5.74) is 22.6. The Morgan fingerprint density at radius 1 is 0.383 bits per heavy atom. The van der Waals surface area contributed by atoms with Crippen molar-refractivity contribution in [1.29, 1.82) is 0 Å². The number of benzene rings is 3. The molecule has 8 bridgehead atoms. The molecular weight excluding hydrogens is 573 g/mol. The van der Waals surface area contributed by atoms with E-state index in [1.807, 2.05) is 0 Å². The highest BCUT2D eigenvalue weighted by Gasteiger charge is 2.19. The van der Waals surface area contributed by atoms with Crippen molar-refractivity contribution in [1.82, 2.24) is 19.9 Å². The standard InChI is InChI=1S/C43H38N4/c1-24-20-26(3)39(27(4)21-24)42-35-14-12-31(44-35)32-13-15-36(45-32)43(40-28(5)22-25(2)23-29(40)6)38-19-17-34(47-38)41(30-10-8-7-9-11-30)33-16-18-37(42)46-33/h7-23,44-46H,1-6H3. The Hall–Kier alpha value is -5.61. The molecule has 0 atom stereocenters. The Labute approximate surface area is 275 Å². The molecule has 0 unspecified atom stereocenters. The molecule has 4 heteroatoms. The molecule has 7 aromatic rings. The van der Waals surface area contributed by atoms with Gasteiger partial charge in [0.2, 0.25) is 0 Å². The Bertz CT molecular complexity index is 2470. The number of H-pyrrole nitrogens is 3. The average Bonchev–Trinajstić information content (AvgIpc) is 3.85. The second-order valence-electron chi connectivity index (χ2n) is 13.1. The van der Waals surface area contributed by atoms with Crippen LogP contribution >= 0.6 is 0 Å². The van der Waals surface area contributed by atoms with Gasteiger partial charge in [0.25, 0.3) is 0 Å². The van der Waals surface area contributed by atoms with E-state index in [4.69, 9.17) is 4.98 Å². The molecule has 4 nitrogen and oxygen atoms in total. The zero-order valence-corrected chi connectivity index (χ0v) is 27.8. The highest BCUT2D eigenvalue weighted by Crippen LogP contribution is 2.39. The van der Waals surface area contributed by atoms with E-state index in [2.05, 4.69) is 160 Å². The number of aryl methyl sites for hydroxylation is 6. The van der Waals surface area contributed by atoms with Gasteiger partial charge in [-0.3, -0.25) is 0 Å². The summed E-state index contributed by atoms with van der Waals surface area (Å²) in [5.74, 6) is 0. The number of rotatable bonds is 3. The molecule has 0 aliphatic carbocycles. The highest BCUT2D eigenvalue weighted by atomic mass is 14.8. The van der Waals surface area contributed by atoms with Crippen LogP contribution in [-0.4, -0.2) is 19.9 Å². The SMILES string of the molecule is Cc1cc(C)c(-c2c3nc(c(-c4ccccc4)c4ccc([nH]4)c(-c4c(C)cc(C)cc4C)c4ccc([nH]4)c4ccc2[nH]4)C=C3)c(C)c1. The minimum atomic E-state index is 0.937. The fourth-order valence-electron chi connectivity index (χ4n) is 7.73. The molecule has 8 rings (SSSR count). The number of aromatic amines is 3. The lowest BCUT2D eigenvalue weighted by Crippen LogP contribution is -1.94. The molecule has 3 aromatic carbocycles. The molecule has 5 heterocycles. The van der Waals surface area contributed by atoms with Crippen LogP contribution in [0.4, 0.5) is 0 Å². The predicted molar refractivity (Wildman–Crippen MR) is 200 cm³/mol. The minimum Gasteiger partial charge on any atom is -0.354 e. The molecule has 0 saturated carbocycles. The normalized spacial score (nSPS) is 12.0. The van der Waals surface area contributed by atoms with Gasteiger partial charge in [-0.15, -0.1) is 0 Å². The van der Waals surface area contributed by atoms with Gasteiger partial charge < -0.3 is 15.0 Å². The summed E-state index contributed by atoms with van der Waals surface area (Å²) in [7, 11) is 0. The number of nitrogens with zero attached hydrogens (tertiary/aromatic N) is 1. The lowest BCUT2D eigenvalue weighted by atomic mass is 9.92. The number of hydrogen-bond donors (Lipinski definition) is 3. The maximum atomic E-state index is 5.41. The van der Waals surface area contributed by atoms with Gasteiger partial charge in [-0.2, -0.15) is 0 Å². The van der Waals surface area contributed by atoms with Crippen LogP contribution in [-0.2, 0) is 0 Å². The lowest BCUT2D eigenvalue weighted by molar-refractivity contribution is 1.28. The summed E-state index contributed by atoms with van der Waals surface area (Å²) in [6.45, 7) is 13.2. The summed E-state index contributed by atoms with van der Waals surface area (Å²) < 4.78 is 0. The van der Waals surface area contributed by atoms with Gasteiger partial charge in [0.05, 0.1) is 22.4 Å². The van der Waals surface area contributed by atoms with E-state index in [-0.39, 0.29) is 0 Å². The van der Waals surface area contributed by atoms with Crippen molar-refractivity contribution in [2.75, 3.05) is 0 Å². The summed E-state index contributed by atoms with van der Waals surface area (Å²) in [6.07, 6.45) is 4.34. The second-order valence-corrected chi connectivity index (χ2v) is 13.1. The zero-order chi connectivity index (χ0) is 32.4. The van der Waals surface area contributed by atoms with Crippen LogP contribution in [0.25, 0.3) is 78.6 Å². The molecule has 47 heavy (non-hydrogen) atoms. The maximum absolute atomic E-state index is 5.41. The van der Waals surface area contributed by atoms with Crippen molar-refractivity contribution in [2.45, 2.75) is 41.5 Å². The van der Waals surface area contributed by atoms with E-state index >= 15 is 0 Å². The summed E-state index contributed by atoms with van der Waals surface area (Å²) in [5, 5.41) is 0. The molecule has 0 saturated heterocycles. The monoisotopic (exact) mass is 610 g/mol. The molecule has 1 aliphatic heterocycles. The first-order valence-corrected chi connectivity index (χ1v) is 16.3. The van der Waals surface area contributed by atoms with Crippen LogP contribution in [0.15, 0.2) is 91.0 Å². The molecular formula is C43H38N4. The van der Waals surface area contributed by atoms with E-state index < -0.39 is 0 Å². The summed E-state index contributed by atoms with van der Waals surface area (Å²) in [4.78, 5) is 16.9. The van der Waals surface area contributed by atoms with E-state index in [0.29, 0.717) is 0 Å². The van der Waals surface area contributed by atoms with Gasteiger partial charge in [0.15, 0.2) is 0 Å². The quantitative estimate of drug-likeness (QED) is 0.183. The Morgan fingerprint density at radius 3 is 1.28 bits per heavy atom. The Morgan fingerprint density at radius 2 is 0.766 bits per heavy atom. The van der Waals surface area contributed by atoms with Gasteiger partial charge in [-0.25, -0.2) is 4.98 Å². The number of hydrogen-bond acceptors (Lipinski definition) is 1. The first-order valence-electron chi connectivity index (χ1n) is 16.3. The van der Waals surface area contributed by atoms with Crippen molar-refractivity contribution in [3.63, 3.8) is 0 Å². The fraction of sp³-hybridized carbons (Fsp3) is 0.140. The van der Waals surface area contributed by atoms with E-state index in [1.165, 1.54) is 44.5 Å². The third-order valence-electron chi connectivity index (χ3n) is 9.49. The lowest BCUT2D eigenvalue weighted by Gasteiger charge is -2.13. The van der Waals surface area contributed by atoms with Crippen molar-refractivity contribution < 1.29 is 0 Å². The average molecular weight is 611 g/mol. The molecule has 3 N–H and O–H groups in total. The van der Waals surface area contributed by atoms with Crippen LogP contribution in [0.2, 0.25) is 0 Å². The van der Waals surface area contributed by atoms with Crippen LogP contribution in [0.1, 0.15) is 44.8 Å². The Balaban J connectivity index is 1.59. The largest absolute Gasteiger partial charge is 0.354 e. The Kier molecular flexibility index (Phi) is 6.76. The molecule has 1 aliphatic rings. The maximum Gasteiger partial charge on any atom is 0.0737 e. The van der Waals surface area contributed by atoms with Crippen molar-refractivity contribution in [3.05, 3.63) is 136 Å². The fourth-order valence-corrected chi connectivity index (χ4v) is 7.73. The molecule has 4 aromatic heterocycles. The van der Waals surface area contributed by atoms with Crippen LogP contribution in [0.5, 0.6) is 0 Å². The van der Waals surface area contributed by atoms with Crippen molar-refractivity contribution in [3.8, 4) is 33.4 Å². The minimum absolute atomic E-state index is 0.937. The third kappa shape index (κ3) is 4.88. The topological polar surface area (TPSA) is 60.3 Å². The van der Waals surface area contributed by atoms with Gasteiger partial charge in [0, 0.05) is 38.8 Å². The van der Waals surface area contributed by atoms with Gasteiger partial charge in [-0.05, 0) is 129 Å². The molecule has 0 fully saturated rings. The van der Waals surface area contributed by atoms with Crippen molar-refractivity contribution in [2.24, 2.45) is 0 Å². The van der Waals surface area contributed by atoms with Crippen LogP contribution in [0, 0.1) is 41.5 Å². The van der Waals surface area contributed by atoms with E-state index in [1.54, 1.807) is 0 Å².